The van der Waals surface area contributed by atoms with Gasteiger partial charge in [-0.25, -0.2) is 0 Å². The number of hydrogen-bond acceptors (Lipinski definition) is 18. The summed E-state index contributed by atoms with van der Waals surface area (Å²) >= 11 is 12.5. The zero-order valence-electron chi connectivity index (χ0n) is 48.8. The van der Waals surface area contributed by atoms with Gasteiger partial charge in [-0.05, 0) is 194 Å². The number of ether oxygens (including phenoxy) is 12. The average molecular weight is 1190 g/mol. The third-order valence-electron chi connectivity index (χ3n) is 19.7. The van der Waals surface area contributed by atoms with E-state index in [1.807, 2.05) is 85.3 Å². The predicted octanol–water partition coefficient (Wildman–Crippen LogP) is 10.2. The van der Waals surface area contributed by atoms with E-state index < -0.39 is 0 Å². The molecule has 444 valence electrons. The smallest absolute Gasteiger partial charge is 0.0694 e. The Kier molecular flexibility index (Phi) is 29.1. The summed E-state index contributed by atoms with van der Waals surface area (Å²) in [5.41, 5.74) is 0. The first kappa shape index (κ1) is 65.2. The lowest BCUT2D eigenvalue weighted by Gasteiger charge is -2.45. The van der Waals surface area contributed by atoms with Crippen LogP contribution in [-0.4, -0.2) is 227 Å². The molecule has 6 aliphatic carbocycles. The fourth-order valence-corrected chi connectivity index (χ4v) is 24.1. The van der Waals surface area contributed by atoms with Crippen molar-refractivity contribution in [3.05, 3.63) is 0 Å². The van der Waals surface area contributed by atoms with E-state index in [1.54, 1.807) is 0 Å². The molecule has 0 aromatic carbocycles. The Balaban J connectivity index is 1.03. The van der Waals surface area contributed by atoms with Gasteiger partial charge >= 0.3 is 0 Å². The molecule has 20 aliphatic rings. The third kappa shape index (κ3) is 17.4. The summed E-state index contributed by atoms with van der Waals surface area (Å²) in [7, 11) is 23.0. The van der Waals surface area contributed by atoms with Crippen molar-refractivity contribution in [3.63, 3.8) is 0 Å². The molecule has 6 saturated carbocycles. The van der Waals surface area contributed by atoms with Crippen LogP contribution in [-0.2, 0) is 56.8 Å². The number of rotatable bonds is 12. The van der Waals surface area contributed by atoms with Crippen LogP contribution in [0.25, 0.3) is 0 Å². The molecule has 20 rings (SSSR count). The van der Waals surface area contributed by atoms with Crippen LogP contribution in [0.1, 0.15) is 77.0 Å². The van der Waals surface area contributed by atoms with Crippen molar-refractivity contribution in [2.75, 3.05) is 143 Å². The number of thioether (sulfide) groups is 6. The van der Waals surface area contributed by atoms with Crippen molar-refractivity contribution in [1.82, 2.24) is 0 Å². The molecule has 12 unspecified atom stereocenters. The summed E-state index contributed by atoms with van der Waals surface area (Å²) in [6, 6.07) is 0. The van der Waals surface area contributed by atoms with Crippen molar-refractivity contribution >= 4 is 70.6 Å². The summed E-state index contributed by atoms with van der Waals surface area (Å²) < 4.78 is 75.8. The molecular formula is C58H104O12S6. The van der Waals surface area contributed by atoms with Crippen molar-refractivity contribution < 1.29 is 56.8 Å². The van der Waals surface area contributed by atoms with E-state index in [0.29, 0.717) is 69.7 Å². The SMILES string of the molecule is COC1C[C@H]2CSC[C@H]3CC(OC)[C@@H](CSC[C@H]4CC(OC)[C@@H](CSC[C@@H]5CC(OC)[C@@H](CC5OC)S[C@@H]5CC(OC)[C@H](CSC[C@H]6CC(OC)[C@@H](CSC[C@@H]1CC2OC)CC6OC)CC5OC)CC4OC)CC3OC. The van der Waals surface area contributed by atoms with E-state index in [9.17, 15) is 0 Å². The number of methoxy groups -OCH3 is 12. The molecule has 0 aromatic rings. The molecule has 14 aliphatic heterocycles. The molecule has 14 heterocycles. The van der Waals surface area contributed by atoms with Crippen LogP contribution in [0.5, 0.6) is 0 Å². The minimum Gasteiger partial charge on any atom is -0.381 e. The molecule has 20 fully saturated rings. The Morgan fingerprint density at radius 1 is 0.184 bits per heavy atom. The molecule has 12 nitrogen and oxygen atoms in total. The van der Waals surface area contributed by atoms with E-state index in [1.165, 1.54) is 0 Å². The lowest BCUT2D eigenvalue weighted by molar-refractivity contribution is -0.0573. The van der Waals surface area contributed by atoms with Gasteiger partial charge in [-0.2, -0.15) is 58.8 Å². The average Bonchev–Trinajstić information content (AvgIpc) is 3.45. The topological polar surface area (TPSA) is 111 Å². The Bertz CT molecular complexity index is 1490. The highest BCUT2D eigenvalue weighted by Gasteiger charge is 2.46. The van der Waals surface area contributed by atoms with Crippen molar-refractivity contribution in [2.45, 2.75) is 161 Å². The molecule has 18 heteroatoms. The molecule has 76 heavy (non-hydrogen) atoms. The van der Waals surface area contributed by atoms with Gasteiger partial charge in [0.05, 0.1) is 73.2 Å². The van der Waals surface area contributed by atoms with Crippen LogP contribution in [0.3, 0.4) is 0 Å². The van der Waals surface area contributed by atoms with Crippen LogP contribution in [0.2, 0.25) is 0 Å². The maximum absolute atomic E-state index is 6.36. The molecule has 24 atom stereocenters. The van der Waals surface area contributed by atoms with E-state index in [4.69, 9.17) is 56.8 Å². The normalized spacial score (nSPS) is 45.3. The summed E-state index contributed by atoms with van der Waals surface area (Å²) in [4.78, 5) is 0. The Morgan fingerprint density at radius 3 is 0.461 bits per heavy atom. The third-order valence-corrected chi connectivity index (χ3v) is 28.0. The summed E-state index contributed by atoms with van der Waals surface area (Å²) in [6.45, 7) is 0. The standard InChI is InChI=1S/C58H104O12S6/c1-59-45-15-37-27-72-29-39-17-51(65-7)41(19-49(39)63-5)31-74-33-43-21-55(69-11)57(23-53(43)67-9)76-58-24-54(68-10)44(22-56(58)70-12)34-75-32-42-20-50(64-6)40(18-52(42)66-8)30-73-28-38-16-46(60-2)36(14-48(38)62-4)26-71-25-35(45)13-47(37)61-3/h35-58H,13-34H2,1-12H3/t35-,36+,37-,38+,39-,40-,41-,42-,43+,44+,45?,46?,47?,48?,49?,50?,51?,52?,53?,54?,55?,56?,57-,58-/m1/s1. The number of hydrogen-bond donors (Lipinski definition) is 0. The van der Waals surface area contributed by atoms with E-state index in [2.05, 4.69) is 70.6 Å². The van der Waals surface area contributed by atoms with Gasteiger partial charge in [-0.15, -0.1) is 11.8 Å². The second-order valence-electron chi connectivity index (χ2n) is 23.6. The Morgan fingerprint density at radius 2 is 0.316 bits per heavy atom. The molecule has 0 amide bonds. The maximum Gasteiger partial charge on any atom is 0.0694 e. The lowest BCUT2D eigenvalue weighted by Crippen LogP contribution is -2.48. The summed E-state index contributed by atoms with van der Waals surface area (Å²) in [5, 5.41) is 0.667. The zero-order chi connectivity index (χ0) is 54.1. The molecule has 12 bridgehead atoms. The minimum atomic E-state index is 0.167. The van der Waals surface area contributed by atoms with Crippen molar-refractivity contribution in [3.8, 4) is 0 Å². The fourth-order valence-electron chi connectivity index (χ4n) is 15.0. The van der Waals surface area contributed by atoms with Crippen LogP contribution in [0, 0.1) is 59.2 Å². The molecule has 0 radical (unpaired) electrons. The molecule has 0 aromatic heterocycles. The van der Waals surface area contributed by atoms with E-state index in [0.717, 1.165) is 135 Å². The van der Waals surface area contributed by atoms with Crippen LogP contribution < -0.4 is 0 Å². The first-order chi connectivity index (χ1) is 37.1. The van der Waals surface area contributed by atoms with E-state index in [-0.39, 0.29) is 73.2 Å². The van der Waals surface area contributed by atoms with Gasteiger partial charge in [-0.1, -0.05) is 0 Å². The highest BCUT2D eigenvalue weighted by molar-refractivity contribution is 8.01. The largest absolute Gasteiger partial charge is 0.381 e. The predicted molar refractivity (Wildman–Crippen MR) is 322 cm³/mol. The second kappa shape index (κ2) is 33.9. The van der Waals surface area contributed by atoms with Crippen molar-refractivity contribution in [2.24, 2.45) is 59.2 Å². The van der Waals surface area contributed by atoms with Gasteiger partial charge in [0.15, 0.2) is 0 Å². The van der Waals surface area contributed by atoms with Crippen molar-refractivity contribution in [1.29, 1.82) is 0 Å². The summed E-state index contributed by atoms with van der Waals surface area (Å²) in [5.74, 6) is 15.2. The summed E-state index contributed by atoms with van der Waals surface area (Å²) in [6.07, 6.45) is 14.9. The maximum atomic E-state index is 6.36. The highest BCUT2D eigenvalue weighted by atomic mass is 32.2. The monoisotopic (exact) mass is 1180 g/mol. The van der Waals surface area contributed by atoms with Gasteiger partial charge in [0, 0.05) is 95.8 Å². The Labute approximate surface area is 487 Å². The van der Waals surface area contributed by atoms with Crippen LogP contribution >= 0.6 is 70.6 Å². The lowest BCUT2D eigenvalue weighted by atomic mass is 9.79. The quantitative estimate of drug-likeness (QED) is 0.185. The molecule has 0 N–H and O–H groups in total. The van der Waals surface area contributed by atoms with Crippen LogP contribution in [0.15, 0.2) is 0 Å². The van der Waals surface area contributed by atoms with Gasteiger partial charge in [0.2, 0.25) is 0 Å². The van der Waals surface area contributed by atoms with Gasteiger partial charge in [0.25, 0.3) is 0 Å². The highest BCUT2D eigenvalue weighted by Crippen LogP contribution is 2.47. The molecule has 14 saturated heterocycles. The van der Waals surface area contributed by atoms with Gasteiger partial charge in [0.1, 0.15) is 0 Å². The molecular weight excluding hydrogens is 1080 g/mol. The molecule has 0 spiro atoms. The first-order valence-electron chi connectivity index (χ1n) is 29.0. The minimum absolute atomic E-state index is 0.167. The van der Waals surface area contributed by atoms with Crippen LogP contribution in [0.4, 0.5) is 0 Å². The Hall–Kier alpha value is 1.62. The first-order valence-corrected chi connectivity index (χ1v) is 35.7. The van der Waals surface area contributed by atoms with Gasteiger partial charge in [-0.3, -0.25) is 0 Å². The second-order valence-corrected chi connectivity index (χ2v) is 30.5. The zero-order valence-corrected chi connectivity index (χ0v) is 53.7. The fraction of sp³-hybridized carbons (Fsp3) is 1.00. The van der Waals surface area contributed by atoms with E-state index >= 15 is 0 Å². The van der Waals surface area contributed by atoms with Gasteiger partial charge < -0.3 is 56.8 Å².